The van der Waals surface area contributed by atoms with Crippen LogP contribution in [-0.4, -0.2) is 41.3 Å². The average molecular weight is 757 g/mol. The topological polar surface area (TPSA) is 146 Å². The van der Waals surface area contributed by atoms with E-state index in [4.69, 9.17) is 0 Å². The summed E-state index contributed by atoms with van der Waals surface area (Å²) >= 11 is 0. The number of nitrogens with zero attached hydrogens (tertiary/aromatic N) is 3. The van der Waals surface area contributed by atoms with Gasteiger partial charge in [0.2, 0.25) is 5.91 Å². The fourth-order valence-corrected chi connectivity index (χ4v) is 6.60. The highest BCUT2D eigenvalue weighted by Crippen LogP contribution is 2.50. The SMILES string of the molecule is CCC1Cc2c(C(F)(F)F)nn(CC(=O)NC(Cc3cc(F)cc(F)c3)c3nc(C#CC(C)(C)O)ccc3-c3cccc4c(=O)[nH]c(=O)[nH]c34)c2C1(F)F. The van der Waals surface area contributed by atoms with Crippen molar-refractivity contribution in [3.8, 4) is 23.0 Å². The molecule has 2 aromatic carbocycles. The van der Waals surface area contributed by atoms with Crippen LogP contribution in [0.15, 0.2) is 58.1 Å². The maximum absolute atomic E-state index is 15.5. The molecule has 0 bridgehead atoms. The minimum Gasteiger partial charge on any atom is -0.378 e. The second-order valence-corrected chi connectivity index (χ2v) is 13.4. The summed E-state index contributed by atoms with van der Waals surface area (Å²) in [5.41, 5.74) is -5.99. The summed E-state index contributed by atoms with van der Waals surface area (Å²) in [6.07, 6.45) is -6.27. The van der Waals surface area contributed by atoms with E-state index < -0.39 is 94.8 Å². The number of aliphatic hydroxyl groups is 1. The number of alkyl halides is 5. The highest BCUT2D eigenvalue weighted by molar-refractivity contribution is 5.93. The van der Waals surface area contributed by atoms with Gasteiger partial charge in [0.25, 0.3) is 11.5 Å². The van der Waals surface area contributed by atoms with E-state index in [1.165, 1.54) is 51.1 Å². The number of rotatable bonds is 8. The van der Waals surface area contributed by atoms with Crippen molar-refractivity contribution in [1.82, 2.24) is 30.0 Å². The Labute approximate surface area is 301 Å². The number of para-hydroxylation sites is 1. The van der Waals surface area contributed by atoms with Gasteiger partial charge in [-0.2, -0.15) is 27.1 Å². The van der Waals surface area contributed by atoms with Gasteiger partial charge >= 0.3 is 11.9 Å². The first-order valence-electron chi connectivity index (χ1n) is 16.6. The summed E-state index contributed by atoms with van der Waals surface area (Å²) < 4.78 is 102. The molecule has 5 aromatic rings. The van der Waals surface area contributed by atoms with Crippen molar-refractivity contribution in [3.05, 3.63) is 115 Å². The Balaban J connectivity index is 1.52. The standard InChI is InChI=1S/C37H31F7N6O4/c1-4-19-15-26-31(37(42,43)44)49-50(32(26)36(19,40)41)17-28(51)46-27(14-18-12-20(38)16-21(39)13-18)30-24(9-8-22(45-30)10-11-35(2,3)54)23-6-5-7-25-29(23)47-34(53)48-33(25)52/h5-9,12-13,16,19,27,54H,4,14-15,17H2,1-3H3,(H,46,51)(H2,47,48,52,53). The zero-order chi connectivity index (χ0) is 39.3. The Morgan fingerprint density at radius 2 is 1.78 bits per heavy atom. The van der Waals surface area contributed by atoms with Crippen LogP contribution in [0.5, 0.6) is 0 Å². The van der Waals surface area contributed by atoms with Crippen molar-refractivity contribution in [2.45, 2.75) is 70.3 Å². The third-order valence-corrected chi connectivity index (χ3v) is 8.90. The van der Waals surface area contributed by atoms with Crippen molar-refractivity contribution < 1.29 is 40.6 Å². The number of hydrogen-bond donors (Lipinski definition) is 4. The molecule has 1 aliphatic carbocycles. The molecule has 4 N–H and O–H groups in total. The predicted molar refractivity (Wildman–Crippen MR) is 181 cm³/mol. The third-order valence-electron chi connectivity index (χ3n) is 8.90. The van der Waals surface area contributed by atoms with Crippen molar-refractivity contribution in [2.75, 3.05) is 0 Å². The lowest BCUT2D eigenvalue weighted by Crippen LogP contribution is -2.35. The molecule has 0 radical (unpaired) electrons. The molecular formula is C37H31F7N6O4. The quantitative estimate of drug-likeness (QED) is 0.119. The molecule has 1 aliphatic rings. The Morgan fingerprint density at radius 1 is 1.07 bits per heavy atom. The molecule has 3 aromatic heterocycles. The van der Waals surface area contributed by atoms with E-state index >= 15 is 8.78 Å². The summed E-state index contributed by atoms with van der Waals surface area (Å²) in [5.74, 6) is -2.99. The van der Waals surface area contributed by atoms with Crippen LogP contribution in [0.25, 0.3) is 22.0 Å². The van der Waals surface area contributed by atoms with E-state index in [9.17, 15) is 41.4 Å². The number of pyridine rings is 1. The molecule has 1 amide bonds. The van der Waals surface area contributed by atoms with Crippen LogP contribution >= 0.6 is 0 Å². The smallest absolute Gasteiger partial charge is 0.378 e. The molecule has 0 spiro atoms. The predicted octanol–water partition coefficient (Wildman–Crippen LogP) is 5.67. The number of fused-ring (bicyclic) bond motifs is 2. The molecule has 0 saturated carbocycles. The molecule has 3 heterocycles. The van der Waals surface area contributed by atoms with Crippen molar-refractivity contribution in [3.63, 3.8) is 0 Å². The number of benzene rings is 2. The Bertz CT molecular complexity index is 2450. The van der Waals surface area contributed by atoms with Gasteiger partial charge in [-0.1, -0.05) is 25.0 Å². The molecule has 282 valence electrons. The van der Waals surface area contributed by atoms with E-state index in [2.05, 4.69) is 37.2 Å². The lowest BCUT2D eigenvalue weighted by atomic mass is 9.93. The summed E-state index contributed by atoms with van der Waals surface area (Å²) in [5, 5.41) is 16.2. The lowest BCUT2D eigenvalue weighted by molar-refractivity contribution is -0.142. The monoisotopic (exact) mass is 756 g/mol. The fourth-order valence-electron chi connectivity index (χ4n) is 6.60. The summed E-state index contributed by atoms with van der Waals surface area (Å²) in [4.78, 5) is 48.1. The number of carbonyl (C=O) groups excluding carboxylic acids is 1. The molecular weight excluding hydrogens is 725 g/mol. The number of halogens is 7. The van der Waals surface area contributed by atoms with E-state index in [1.54, 1.807) is 0 Å². The molecule has 2 atom stereocenters. The van der Waals surface area contributed by atoms with Gasteiger partial charge in [-0.15, -0.1) is 0 Å². The molecule has 54 heavy (non-hydrogen) atoms. The number of H-pyrrole nitrogens is 2. The second-order valence-electron chi connectivity index (χ2n) is 13.4. The van der Waals surface area contributed by atoms with Gasteiger partial charge in [0.05, 0.1) is 22.6 Å². The lowest BCUT2D eigenvalue weighted by Gasteiger charge is -2.23. The van der Waals surface area contributed by atoms with Crippen LogP contribution in [0.2, 0.25) is 0 Å². The Hall–Kier alpha value is -5.76. The minimum absolute atomic E-state index is 0.0158. The number of nitrogens with one attached hydrogen (secondary N) is 3. The summed E-state index contributed by atoms with van der Waals surface area (Å²) in [6, 6.07) is 8.47. The van der Waals surface area contributed by atoms with Crippen molar-refractivity contribution in [1.29, 1.82) is 0 Å². The number of carbonyl (C=O) groups is 1. The molecule has 0 saturated heterocycles. The highest BCUT2D eigenvalue weighted by atomic mass is 19.4. The van der Waals surface area contributed by atoms with E-state index in [0.717, 1.165) is 12.1 Å². The first kappa shape index (κ1) is 38.0. The van der Waals surface area contributed by atoms with E-state index in [0.29, 0.717) is 10.7 Å². The normalized spacial score (nSPS) is 15.8. The van der Waals surface area contributed by atoms with E-state index in [-0.39, 0.29) is 45.4 Å². The number of aromatic amines is 2. The molecule has 10 nitrogen and oxygen atoms in total. The van der Waals surface area contributed by atoms with Crippen LogP contribution in [0, 0.1) is 29.4 Å². The van der Waals surface area contributed by atoms with E-state index in [1.807, 2.05) is 0 Å². The number of aromatic nitrogens is 5. The Morgan fingerprint density at radius 3 is 2.43 bits per heavy atom. The largest absolute Gasteiger partial charge is 0.435 e. The molecule has 6 rings (SSSR count). The molecule has 17 heteroatoms. The van der Waals surface area contributed by atoms with Crippen LogP contribution in [0.3, 0.4) is 0 Å². The first-order chi connectivity index (χ1) is 25.2. The minimum atomic E-state index is -5.10. The third kappa shape index (κ3) is 7.65. The van der Waals surface area contributed by atoms with Gasteiger partial charge in [0.15, 0.2) is 5.69 Å². The van der Waals surface area contributed by atoms with Gasteiger partial charge in [-0.05, 0) is 74.9 Å². The zero-order valence-corrected chi connectivity index (χ0v) is 28.8. The summed E-state index contributed by atoms with van der Waals surface area (Å²) in [7, 11) is 0. The zero-order valence-electron chi connectivity index (χ0n) is 28.8. The van der Waals surface area contributed by atoms with Crippen LogP contribution in [0.1, 0.15) is 67.1 Å². The Kier molecular flexibility index (Phi) is 9.78. The van der Waals surface area contributed by atoms with Gasteiger partial charge < -0.3 is 15.4 Å². The molecule has 2 unspecified atom stereocenters. The van der Waals surface area contributed by atoms with Crippen LogP contribution < -0.4 is 16.6 Å². The van der Waals surface area contributed by atoms with Gasteiger partial charge in [0, 0.05) is 28.7 Å². The van der Waals surface area contributed by atoms with Crippen LogP contribution in [-0.2, 0) is 36.3 Å². The number of hydrogen-bond acceptors (Lipinski definition) is 6. The van der Waals surface area contributed by atoms with Gasteiger partial charge in [-0.3, -0.25) is 19.3 Å². The average Bonchev–Trinajstić information content (AvgIpc) is 3.56. The highest BCUT2D eigenvalue weighted by Gasteiger charge is 2.55. The molecule has 0 aliphatic heterocycles. The fraction of sp³-hybridized carbons (Fsp3) is 0.324. The van der Waals surface area contributed by atoms with Crippen LogP contribution in [0.4, 0.5) is 30.7 Å². The number of amides is 1. The van der Waals surface area contributed by atoms with Gasteiger partial charge in [0.1, 0.15) is 35.2 Å². The maximum Gasteiger partial charge on any atom is 0.435 e. The maximum atomic E-state index is 15.5. The summed E-state index contributed by atoms with van der Waals surface area (Å²) in [6.45, 7) is 3.11. The van der Waals surface area contributed by atoms with Gasteiger partial charge in [-0.25, -0.2) is 18.6 Å². The molecule has 0 fully saturated rings. The first-order valence-corrected chi connectivity index (χ1v) is 16.6. The van der Waals surface area contributed by atoms with Crippen molar-refractivity contribution in [2.24, 2.45) is 5.92 Å². The van der Waals surface area contributed by atoms with Crippen molar-refractivity contribution >= 4 is 16.8 Å². The second kappa shape index (κ2) is 13.9.